The number of amides is 2. The van der Waals surface area contributed by atoms with Crippen LogP contribution in [0.15, 0.2) is 0 Å². The molecule has 0 aromatic heterocycles. The number of carbonyl (C=O) groups excluding carboxylic acids is 1. The van der Waals surface area contributed by atoms with Gasteiger partial charge in [0.15, 0.2) is 0 Å². The number of rotatable bonds is 5. The average molecular weight is 202 g/mol. The number of nitrogens with one attached hydrogen (secondary N) is 2. The molecule has 3 nitrogen and oxygen atoms in total. The van der Waals surface area contributed by atoms with E-state index in [0.717, 1.165) is 25.0 Å². The van der Waals surface area contributed by atoms with E-state index in [-0.39, 0.29) is 12.1 Å². The van der Waals surface area contributed by atoms with E-state index in [1.54, 1.807) is 0 Å². The minimum atomic E-state index is -0.00361. The molecule has 0 heterocycles. The molecule has 1 atom stereocenters. The van der Waals surface area contributed by atoms with E-state index in [0.29, 0.717) is 6.04 Å². The fourth-order valence-corrected chi connectivity index (χ4v) is 1.63. The number of thioether (sulfide) groups is 1. The maximum atomic E-state index is 11.2. The predicted molar refractivity (Wildman–Crippen MR) is 57.2 cm³/mol. The molecule has 0 radical (unpaired) electrons. The second-order valence-electron chi connectivity index (χ2n) is 3.57. The molecule has 1 unspecified atom stereocenters. The van der Waals surface area contributed by atoms with Crippen LogP contribution >= 0.6 is 11.8 Å². The first-order chi connectivity index (χ1) is 6.22. The van der Waals surface area contributed by atoms with Crippen LogP contribution in [0, 0.1) is 0 Å². The Morgan fingerprint density at radius 3 is 2.85 bits per heavy atom. The van der Waals surface area contributed by atoms with Crippen molar-refractivity contribution in [3.05, 3.63) is 0 Å². The van der Waals surface area contributed by atoms with Crippen LogP contribution in [0.5, 0.6) is 0 Å². The molecule has 0 aliphatic heterocycles. The van der Waals surface area contributed by atoms with Crippen LogP contribution in [0.2, 0.25) is 0 Å². The van der Waals surface area contributed by atoms with Crippen molar-refractivity contribution in [1.29, 1.82) is 0 Å². The standard InChI is InChI=1S/C9H18N2OS/c1-7(5-6-13-2)10-9(12)11-8-3-4-8/h7-8H,3-6H2,1-2H3,(H2,10,11,12). The van der Waals surface area contributed by atoms with Gasteiger partial charge in [0.05, 0.1) is 0 Å². The summed E-state index contributed by atoms with van der Waals surface area (Å²) in [6, 6.07) is 0.732. The summed E-state index contributed by atoms with van der Waals surface area (Å²) in [5, 5.41) is 5.83. The molecule has 2 amide bonds. The molecular formula is C9H18N2OS. The molecule has 2 N–H and O–H groups in total. The minimum absolute atomic E-state index is 0.00361. The topological polar surface area (TPSA) is 41.1 Å². The van der Waals surface area contributed by atoms with Crippen molar-refractivity contribution in [2.45, 2.75) is 38.3 Å². The summed E-state index contributed by atoms with van der Waals surface area (Å²) in [4.78, 5) is 11.2. The molecule has 1 fully saturated rings. The zero-order valence-electron chi connectivity index (χ0n) is 8.30. The molecule has 1 aliphatic rings. The highest BCUT2D eigenvalue weighted by Crippen LogP contribution is 2.18. The SMILES string of the molecule is CSCCC(C)NC(=O)NC1CC1. The summed E-state index contributed by atoms with van der Waals surface area (Å²) in [6.07, 6.45) is 5.41. The molecule has 0 aromatic carbocycles. The summed E-state index contributed by atoms with van der Waals surface area (Å²) in [7, 11) is 0. The Balaban J connectivity index is 2.03. The Morgan fingerprint density at radius 1 is 1.62 bits per heavy atom. The first kappa shape index (κ1) is 10.7. The summed E-state index contributed by atoms with van der Waals surface area (Å²) >= 11 is 1.81. The van der Waals surface area contributed by atoms with Crippen LogP contribution in [0.4, 0.5) is 4.79 Å². The molecule has 13 heavy (non-hydrogen) atoms. The Morgan fingerprint density at radius 2 is 2.31 bits per heavy atom. The third-order valence-corrected chi connectivity index (χ3v) is 2.69. The van der Waals surface area contributed by atoms with Gasteiger partial charge in [0.1, 0.15) is 0 Å². The van der Waals surface area contributed by atoms with Crippen LogP contribution < -0.4 is 10.6 Å². The van der Waals surface area contributed by atoms with E-state index in [1.165, 1.54) is 0 Å². The van der Waals surface area contributed by atoms with Crippen molar-refractivity contribution in [2.24, 2.45) is 0 Å². The molecule has 4 heteroatoms. The van der Waals surface area contributed by atoms with Crippen molar-refractivity contribution in [2.75, 3.05) is 12.0 Å². The third-order valence-electron chi connectivity index (χ3n) is 2.05. The second-order valence-corrected chi connectivity index (χ2v) is 4.56. The highest BCUT2D eigenvalue weighted by atomic mass is 32.2. The maximum absolute atomic E-state index is 11.2. The number of carbonyl (C=O) groups is 1. The zero-order valence-corrected chi connectivity index (χ0v) is 9.12. The van der Waals surface area contributed by atoms with E-state index < -0.39 is 0 Å². The quantitative estimate of drug-likeness (QED) is 0.711. The number of hydrogen-bond donors (Lipinski definition) is 2. The Hall–Kier alpha value is -0.380. The van der Waals surface area contributed by atoms with E-state index in [9.17, 15) is 4.79 Å². The summed E-state index contributed by atoms with van der Waals surface area (Å²) in [5.41, 5.74) is 0. The van der Waals surface area contributed by atoms with Gasteiger partial charge in [-0.3, -0.25) is 0 Å². The molecular weight excluding hydrogens is 184 g/mol. The summed E-state index contributed by atoms with van der Waals surface area (Å²) in [5.74, 6) is 1.10. The molecule has 1 saturated carbocycles. The van der Waals surface area contributed by atoms with Crippen molar-refractivity contribution in [1.82, 2.24) is 10.6 Å². The molecule has 0 spiro atoms. The van der Waals surface area contributed by atoms with E-state index in [2.05, 4.69) is 16.9 Å². The largest absolute Gasteiger partial charge is 0.336 e. The third kappa shape index (κ3) is 5.03. The van der Waals surface area contributed by atoms with Gasteiger partial charge in [-0.15, -0.1) is 0 Å². The first-order valence-corrected chi connectivity index (χ1v) is 6.17. The van der Waals surface area contributed by atoms with Crippen molar-refractivity contribution < 1.29 is 4.79 Å². The highest BCUT2D eigenvalue weighted by molar-refractivity contribution is 7.98. The predicted octanol–water partition coefficient (Wildman–Crippen LogP) is 1.59. The zero-order chi connectivity index (χ0) is 9.68. The van der Waals surface area contributed by atoms with Crippen LogP contribution in [0.3, 0.4) is 0 Å². The van der Waals surface area contributed by atoms with Gasteiger partial charge < -0.3 is 10.6 Å². The average Bonchev–Trinajstić information content (AvgIpc) is 2.84. The fraction of sp³-hybridized carbons (Fsp3) is 0.889. The molecule has 1 rings (SSSR count). The van der Waals surface area contributed by atoms with E-state index >= 15 is 0 Å². The summed E-state index contributed by atoms with van der Waals surface area (Å²) < 4.78 is 0. The normalized spacial score (nSPS) is 18.0. The maximum Gasteiger partial charge on any atom is 0.315 e. The van der Waals surface area contributed by atoms with Crippen LogP contribution in [-0.2, 0) is 0 Å². The van der Waals surface area contributed by atoms with Crippen molar-refractivity contribution >= 4 is 17.8 Å². The molecule has 1 aliphatic carbocycles. The minimum Gasteiger partial charge on any atom is -0.336 e. The lowest BCUT2D eigenvalue weighted by atomic mass is 10.3. The first-order valence-electron chi connectivity index (χ1n) is 4.78. The Labute approximate surface area is 84.0 Å². The second kappa shape index (κ2) is 5.37. The van der Waals surface area contributed by atoms with Crippen LogP contribution in [0.25, 0.3) is 0 Å². The molecule has 0 saturated heterocycles. The Bertz CT molecular complexity index is 171. The molecule has 0 bridgehead atoms. The summed E-state index contributed by atoms with van der Waals surface area (Å²) in [6.45, 7) is 2.04. The van der Waals surface area contributed by atoms with Crippen molar-refractivity contribution in [3.8, 4) is 0 Å². The van der Waals surface area contributed by atoms with E-state index in [1.807, 2.05) is 18.7 Å². The van der Waals surface area contributed by atoms with Gasteiger partial charge in [-0.05, 0) is 38.2 Å². The van der Waals surface area contributed by atoms with E-state index in [4.69, 9.17) is 0 Å². The molecule has 0 aromatic rings. The van der Waals surface area contributed by atoms with Gasteiger partial charge in [-0.25, -0.2) is 4.79 Å². The lowest BCUT2D eigenvalue weighted by Crippen LogP contribution is -2.41. The van der Waals surface area contributed by atoms with Gasteiger partial charge in [0, 0.05) is 12.1 Å². The van der Waals surface area contributed by atoms with Crippen LogP contribution in [0.1, 0.15) is 26.2 Å². The van der Waals surface area contributed by atoms with Gasteiger partial charge in [-0.2, -0.15) is 11.8 Å². The highest BCUT2D eigenvalue weighted by Gasteiger charge is 2.23. The van der Waals surface area contributed by atoms with Gasteiger partial charge in [-0.1, -0.05) is 0 Å². The monoisotopic (exact) mass is 202 g/mol. The molecule has 76 valence electrons. The lowest BCUT2D eigenvalue weighted by Gasteiger charge is -2.13. The lowest BCUT2D eigenvalue weighted by molar-refractivity contribution is 0.237. The number of urea groups is 1. The fourth-order valence-electron chi connectivity index (χ4n) is 1.05. The van der Waals surface area contributed by atoms with Gasteiger partial charge in [0.2, 0.25) is 0 Å². The smallest absolute Gasteiger partial charge is 0.315 e. The Kier molecular flexibility index (Phi) is 4.42. The van der Waals surface area contributed by atoms with Crippen molar-refractivity contribution in [3.63, 3.8) is 0 Å². The van der Waals surface area contributed by atoms with Crippen LogP contribution in [-0.4, -0.2) is 30.1 Å². The van der Waals surface area contributed by atoms with Gasteiger partial charge >= 0.3 is 6.03 Å². The number of hydrogen-bond acceptors (Lipinski definition) is 2. The van der Waals surface area contributed by atoms with Gasteiger partial charge in [0.25, 0.3) is 0 Å².